The number of hydrogen-bond donors (Lipinski definition) is 1. The number of aromatic hydroxyl groups is 1. The van der Waals surface area contributed by atoms with Gasteiger partial charge in [-0.2, -0.15) is 0 Å². The maximum atomic E-state index is 11.9. The fraction of sp³-hybridized carbons (Fsp3) is 0.160. The molecular weight excluding hydrogens is 364 g/mol. The van der Waals surface area contributed by atoms with Crippen LogP contribution >= 0.6 is 0 Å². The molecule has 0 aromatic heterocycles. The third-order valence-electron chi connectivity index (χ3n) is 5.86. The molecule has 4 heteroatoms. The number of phenols is 1. The van der Waals surface area contributed by atoms with Crippen LogP contribution in [-0.2, 0) is 16.6 Å². The Labute approximate surface area is 169 Å². The Bertz CT molecular complexity index is 1180. The molecule has 29 heavy (non-hydrogen) atoms. The molecule has 1 aliphatic carbocycles. The number of carbonyl (C=O) groups is 1. The first-order valence-corrected chi connectivity index (χ1v) is 9.61. The largest absolute Gasteiger partial charge is 0.508 e. The zero-order valence-electron chi connectivity index (χ0n) is 16.1. The summed E-state index contributed by atoms with van der Waals surface area (Å²) in [6.07, 6.45) is 1.87. The molecule has 1 unspecified atom stereocenters. The number of esters is 1. The summed E-state index contributed by atoms with van der Waals surface area (Å²) in [5.41, 5.74) is 4.63. The number of ether oxygens (including phenoxy) is 2. The molecule has 3 aromatic rings. The second-order valence-corrected chi connectivity index (χ2v) is 7.67. The summed E-state index contributed by atoms with van der Waals surface area (Å²) in [5, 5.41) is 10.0. The van der Waals surface area contributed by atoms with Crippen molar-refractivity contribution in [1.82, 2.24) is 0 Å². The van der Waals surface area contributed by atoms with Crippen molar-refractivity contribution in [2.75, 3.05) is 0 Å². The van der Waals surface area contributed by atoms with Crippen LogP contribution in [0.1, 0.15) is 35.6 Å². The van der Waals surface area contributed by atoms with Crippen molar-refractivity contribution in [3.63, 3.8) is 0 Å². The van der Waals surface area contributed by atoms with Gasteiger partial charge in [0.1, 0.15) is 23.0 Å². The summed E-state index contributed by atoms with van der Waals surface area (Å²) >= 11 is 0. The van der Waals surface area contributed by atoms with Crippen molar-refractivity contribution in [2.45, 2.75) is 25.2 Å². The van der Waals surface area contributed by atoms with E-state index in [2.05, 4.69) is 30.8 Å². The minimum Gasteiger partial charge on any atom is -0.508 e. The van der Waals surface area contributed by atoms with Gasteiger partial charge >= 0.3 is 5.97 Å². The molecule has 0 amide bonds. The number of fused-ring (bicyclic) bond motifs is 6. The molecule has 5 rings (SSSR count). The monoisotopic (exact) mass is 384 g/mol. The van der Waals surface area contributed by atoms with Gasteiger partial charge < -0.3 is 14.6 Å². The second kappa shape index (κ2) is 6.24. The van der Waals surface area contributed by atoms with Crippen LogP contribution in [0.5, 0.6) is 23.0 Å². The number of rotatable bonds is 2. The van der Waals surface area contributed by atoms with E-state index < -0.39 is 5.97 Å². The van der Waals surface area contributed by atoms with Crippen LogP contribution in [0, 0.1) is 0 Å². The summed E-state index contributed by atoms with van der Waals surface area (Å²) in [7, 11) is 0. The number of benzene rings is 3. The molecular formula is C25H20O4. The van der Waals surface area contributed by atoms with Crippen molar-refractivity contribution in [1.29, 1.82) is 0 Å². The van der Waals surface area contributed by atoms with E-state index in [9.17, 15) is 9.90 Å². The first-order chi connectivity index (χ1) is 14.0. The van der Waals surface area contributed by atoms with Crippen molar-refractivity contribution in [3.05, 3.63) is 95.1 Å². The molecule has 4 nitrogen and oxygen atoms in total. The van der Waals surface area contributed by atoms with E-state index >= 15 is 0 Å². The molecule has 1 atom stereocenters. The Morgan fingerprint density at radius 2 is 1.76 bits per heavy atom. The predicted octanol–water partition coefficient (Wildman–Crippen LogP) is 5.26. The van der Waals surface area contributed by atoms with E-state index in [1.165, 1.54) is 11.1 Å². The van der Waals surface area contributed by atoms with E-state index in [-0.39, 0.29) is 11.2 Å². The summed E-state index contributed by atoms with van der Waals surface area (Å²) in [5.74, 6) is 1.34. The van der Waals surface area contributed by atoms with Crippen LogP contribution in [0.2, 0.25) is 0 Å². The number of hydrogen-bond acceptors (Lipinski definition) is 4. The van der Waals surface area contributed by atoms with Gasteiger partial charge in [0.25, 0.3) is 0 Å². The van der Waals surface area contributed by atoms with Crippen molar-refractivity contribution < 1.29 is 19.4 Å². The van der Waals surface area contributed by atoms with Gasteiger partial charge in [-0.05, 0) is 43.0 Å². The Hall–Kier alpha value is -3.53. The van der Waals surface area contributed by atoms with Crippen LogP contribution in [0.15, 0.2) is 72.8 Å². The van der Waals surface area contributed by atoms with Gasteiger partial charge in [0.15, 0.2) is 0 Å². The highest BCUT2D eigenvalue weighted by molar-refractivity contribution is 5.88. The van der Waals surface area contributed by atoms with Crippen LogP contribution < -0.4 is 9.47 Å². The highest BCUT2D eigenvalue weighted by Crippen LogP contribution is 2.58. The molecule has 2 aliphatic rings. The van der Waals surface area contributed by atoms with Crippen molar-refractivity contribution >= 4 is 5.97 Å². The minimum atomic E-state index is -0.472. The normalized spacial score (nSPS) is 18.4. The Balaban J connectivity index is 1.72. The predicted molar refractivity (Wildman–Crippen MR) is 110 cm³/mol. The SMILES string of the molecule is C=C(C)C(=O)Oc1ccc2c(c1)Oc1cc(O)ccc1C21CCc2ccccc21. The number of phenolic OH excluding ortho intramolecular Hbond substituents is 1. The number of aryl methyl sites for hydroxylation is 1. The molecule has 0 bridgehead atoms. The van der Waals surface area contributed by atoms with Gasteiger partial charge in [-0.1, -0.05) is 43.0 Å². The first kappa shape index (κ1) is 17.6. The van der Waals surface area contributed by atoms with E-state index in [0.29, 0.717) is 22.8 Å². The van der Waals surface area contributed by atoms with Crippen LogP contribution in [0.3, 0.4) is 0 Å². The molecule has 144 valence electrons. The summed E-state index contributed by atoms with van der Waals surface area (Å²) in [6.45, 7) is 5.24. The average molecular weight is 384 g/mol. The van der Waals surface area contributed by atoms with E-state index in [1.54, 1.807) is 31.2 Å². The van der Waals surface area contributed by atoms with E-state index in [1.807, 2.05) is 12.1 Å². The maximum absolute atomic E-state index is 11.9. The molecule has 1 aliphatic heterocycles. The minimum absolute atomic E-state index is 0.151. The number of carbonyl (C=O) groups excluding carboxylic acids is 1. The fourth-order valence-electron chi connectivity index (χ4n) is 4.58. The Morgan fingerprint density at radius 3 is 2.55 bits per heavy atom. The highest BCUT2D eigenvalue weighted by Gasteiger charge is 2.47. The lowest BCUT2D eigenvalue weighted by atomic mass is 9.68. The molecule has 1 spiro atoms. The van der Waals surface area contributed by atoms with Crippen molar-refractivity contribution in [3.8, 4) is 23.0 Å². The smallest absolute Gasteiger partial charge is 0.338 e. The van der Waals surface area contributed by atoms with E-state index in [0.717, 1.165) is 24.0 Å². The third kappa shape index (κ3) is 2.56. The fourth-order valence-corrected chi connectivity index (χ4v) is 4.58. The van der Waals surface area contributed by atoms with Gasteiger partial charge in [-0.3, -0.25) is 0 Å². The summed E-state index contributed by atoms with van der Waals surface area (Å²) in [4.78, 5) is 11.9. The maximum Gasteiger partial charge on any atom is 0.338 e. The van der Waals surface area contributed by atoms with Gasteiger partial charge in [-0.15, -0.1) is 0 Å². The molecule has 0 saturated carbocycles. The lowest BCUT2D eigenvalue weighted by molar-refractivity contribution is -0.130. The lowest BCUT2D eigenvalue weighted by Crippen LogP contribution is -2.30. The van der Waals surface area contributed by atoms with Gasteiger partial charge in [-0.25, -0.2) is 4.79 Å². The van der Waals surface area contributed by atoms with Crippen LogP contribution in [-0.4, -0.2) is 11.1 Å². The summed E-state index contributed by atoms with van der Waals surface area (Å²) in [6, 6.07) is 19.3. The van der Waals surface area contributed by atoms with Crippen LogP contribution in [0.25, 0.3) is 0 Å². The van der Waals surface area contributed by atoms with Gasteiger partial charge in [0.05, 0.1) is 5.41 Å². The summed E-state index contributed by atoms with van der Waals surface area (Å²) < 4.78 is 11.6. The third-order valence-corrected chi connectivity index (χ3v) is 5.86. The molecule has 3 aromatic carbocycles. The van der Waals surface area contributed by atoms with Gasteiger partial charge in [0.2, 0.25) is 0 Å². The molecule has 0 fully saturated rings. The average Bonchev–Trinajstić information content (AvgIpc) is 3.08. The molecule has 0 saturated heterocycles. The van der Waals surface area contributed by atoms with Crippen molar-refractivity contribution in [2.24, 2.45) is 0 Å². The molecule has 1 N–H and O–H groups in total. The highest BCUT2D eigenvalue weighted by atomic mass is 16.5. The lowest BCUT2D eigenvalue weighted by Gasteiger charge is -2.38. The topological polar surface area (TPSA) is 55.8 Å². The second-order valence-electron chi connectivity index (χ2n) is 7.67. The van der Waals surface area contributed by atoms with Crippen LogP contribution in [0.4, 0.5) is 0 Å². The molecule has 1 heterocycles. The Morgan fingerprint density at radius 1 is 1.03 bits per heavy atom. The first-order valence-electron chi connectivity index (χ1n) is 9.61. The molecule has 0 radical (unpaired) electrons. The zero-order valence-corrected chi connectivity index (χ0v) is 16.1. The van der Waals surface area contributed by atoms with Gasteiger partial charge in [0, 0.05) is 28.8 Å². The van der Waals surface area contributed by atoms with E-state index in [4.69, 9.17) is 9.47 Å². The Kier molecular flexibility index (Phi) is 3.78. The quantitative estimate of drug-likeness (QED) is 0.372. The standard InChI is InChI=1S/C25H20O4/c1-15(2)24(27)28-18-8-10-21-23(14-18)29-22-13-17(26)7-9-20(22)25(21)12-11-16-5-3-4-6-19(16)25/h3-10,13-14,26H,1,11-12H2,2H3. The zero-order chi connectivity index (χ0) is 20.2.